The van der Waals surface area contributed by atoms with Crippen LogP contribution in [0.5, 0.6) is 0 Å². The average Bonchev–Trinajstić information content (AvgIpc) is 3.51. The van der Waals surface area contributed by atoms with E-state index in [-0.39, 0.29) is 37.9 Å². The second-order valence-electron chi connectivity index (χ2n) is 8.39. The highest BCUT2D eigenvalue weighted by Crippen LogP contribution is 2.35. The predicted octanol–water partition coefficient (Wildman–Crippen LogP) is -2.83. The Bertz CT molecular complexity index is 1250. The highest BCUT2D eigenvalue weighted by Gasteiger charge is 2.53. The lowest BCUT2D eigenvalue weighted by Gasteiger charge is -2.30. The second kappa shape index (κ2) is 11.1. The van der Waals surface area contributed by atoms with Crippen LogP contribution in [0.2, 0.25) is 0 Å². The van der Waals surface area contributed by atoms with Crippen LogP contribution < -0.4 is 16.6 Å². The minimum atomic E-state index is -1.21. The molecular formula is C19H23I2N7O9. The summed E-state index contributed by atoms with van der Waals surface area (Å²) in [6.45, 7) is -0.604. The van der Waals surface area contributed by atoms with Gasteiger partial charge < -0.3 is 29.9 Å². The minimum Gasteiger partial charge on any atom is -0.394 e. The Labute approximate surface area is 235 Å². The smallest absolute Gasteiger partial charge is 0.330 e. The number of amidine groups is 1. The van der Waals surface area contributed by atoms with Gasteiger partial charge in [-0.1, -0.05) is 0 Å². The van der Waals surface area contributed by atoms with Crippen LogP contribution in [0.15, 0.2) is 25.8 Å². The number of ether oxygens (including phenoxy) is 2. The number of guanidine groups is 1. The molecule has 2 fully saturated rings. The van der Waals surface area contributed by atoms with Crippen molar-refractivity contribution in [2.24, 2.45) is 9.98 Å². The quantitative estimate of drug-likeness (QED) is 0.0948. The molecule has 5 heterocycles. The van der Waals surface area contributed by atoms with Crippen molar-refractivity contribution in [1.82, 2.24) is 19.8 Å². The molecule has 1 unspecified atom stereocenters. The summed E-state index contributed by atoms with van der Waals surface area (Å²) >= 11 is 3.66. The van der Waals surface area contributed by atoms with Gasteiger partial charge in [-0.15, -0.1) is 0 Å². The number of alkyl halides is 1. The van der Waals surface area contributed by atoms with Crippen LogP contribution in [0.1, 0.15) is 19.1 Å². The Balaban J connectivity index is 0.000000176. The summed E-state index contributed by atoms with van der Waals surface area (Å²) in [5.41, 5.74) is -1.05. The minimum absolute atomic E-state index is 0.202. The van der Waals surface area contributed by atoms with Crippen molar-refractivity contribution in [3.05, 3.63) is 30.6 Å². The highest BCUT2D eigenvalue weighted by atomic mass is 127. The molecule has 16 nitrogen and oxygen atoms in total. The van der Waals surface area contributed by atoms with E-state index in [1.807, 2.05) is 22.6 Å². The molecule has 0 saturated carbocycles. The van der Waals surface area contributed by atoms with E-state index in [0.29, 0.717) is 3.57 Å². The number of nitrogens with one attached hydrogen (secondary N) is 3. The summed E-state index contributed by atoms with van der Waals surface area (Å²) < 4.78 is 11.2. The van der Waals surface area contributed by atoms with Gasteiger partial charge >= 0.3 is 5.69 Å². The highest BCUT2D eigenvalue weighted by molar-refractivity contribution is 14.1. The summed E-state index contributed by atoms with van der Waals surface area (Å²) in [6, 6.07) is 0. The van der Waals surface area contributed by atoms with E-state index in [2.05, 4.69) is 20.3 Å². The lowest BCUT2D eigenvalue weighted by Crippen LogP contribution is -2.56. The van der Waals surface area contributed by atoms with E-state index < -0.39 is 57.6 Å². The fourth-order valence-electron chi connectivity index (χ4n) is 4.03. The van der Waals surface area contributed by atoms with Crippen LogP contribution in [-0.2, 0) is 14.3 Å². The molecule has 7 N–H and O–H groups in total. The number of carbonyl (C=O) groups excluding carboxylic acids is 1. The molecule has 37 heavy (non-hydrogen) atoms. The largest absolute Gasteiger partial charge is 0.394 e. The van der Waals surface area contributed by atoms with Gasteiger partial charge in [0.25, 0.3) is 11.5 Å². The number of halogens is 2. The van der Waals surface area contributed by atoms with Crippen molar-refractivity contribution in [3.8, 4) is 0 Å². The number of aliphatic hydroxyl groups is 4. The van der Waals surface area contributed by atoms with Crippen molar-refractivity contribution >= 4 is 69.2 Å². The monoisotopic (exact) mass is 747 g/mol. The molecule has 0 aliphatic carbocycles. The standard InChI is InChI=1S/C10H12IN5O4.C9H11IN2O5/c11-10-7(14-9(12)15-8(10)19)16(3-13-10)6-1-4(18)5(2-17)20-6;10-4-2-12(9(16)11-8(4)15)7-1-5(14)6(3-13)17-7/h3-6,17-18H,1-2H2,(H2,12,15,19);2,5-7,13-14H,1,3H2,(H,11,15,16)/t4-,5+,6+,10?;5-,6+,7+/m00/s1. The zero-order valence-corrected chi connectivity index (χ0v) is 23.1. The number of rotatable bonds is 4. The van der Waals surface area contributed by atoms with Gasteiger partial charge in [-0.2, -0.15) is 4.99 Å². The Kier molecular flexibility index (Phi) is 8.47. The third kappa shape index (κ3) is 5.51. The van der Waals surface area contributed by atoms with Gasteiger partial charge in [0.2, 0.25) is 9.51 Å². The number of fused-ring (bicyclic) bond motifs is 1. The molecule has 1 amide bonds. The van der Waals surface area contributed by atoms with E-state index in [9.17, 15) is 24.6 Å². The fourth-order valence-corrected chi connectivity index (χ4v) is 5.12. The van der Waals surface area contributed by atoms with Gasteiger partial charge in [0, 0.05) is 19.0 Å². The lowest BCUT2D eigenvalue weighted by atomic mass is 10.1. The number of aromatic nitrogens is 2. The Morgan fingerprint density at radius 2 is 1.70 bits per heavy atom. The lowest BCUT2D eigenvalue weighted by molar-refractivity contribution is -0.120. The third-order valence-electron chi connectivity index (χ3n) is 5.96. The maximum Gasteiger partial charge on any atom is 0.330 e. The molecule has 0 bridgehead atoms. The Hall–Kier alpha value is -1.82. The van der Waals surface area contributed by atoms with E-state index in [4.69, 9.17) is 25.1 Å². The van der Waals surface area contributed by atoms with E-state index >= 15 is 0 Å². The van der Waals surface area contributed by atoms with Crippen molar-refractivity contribution in [2.75, 3.05) is 13.2 Å². The van der Waals surface area contributed by atoms with Gasteiger partial charge in [-0.3, -0.25) is 34.8 Å². The van der Waals surface area contributed by atoms with Gasteiger partial charge in [0.15, 0.2) is 5.84 Å². The molecule has 1 aromatic rings. The van der Waals surface area contributed by atoms with Crippen molar-refractivity contribution < 1.29 is 34.7 Å². The SMILES string of the molecule is N=C1N=C2N([C@H]3C[C@H](O)[C@@H](CO)O3)C=NC2(I)C(=O)N1.O=c1[nH]c(=O)n([C@H]2C[C@H](O)[C@@H](CO)O2)cc1I. The number of amides is 1. The average molecular weight is 747 g/mol. The number of aliphatic hydroxyl groups excluding tert-OH is 4. The summed E-state index contributed by atoms with van der Waals surface area (Å²) in [6.07, 6.45) is -0.960. The van der Waals surface area contributed by atoms with E-state index in [1.165, 1.54) is 22.0 Å². The van der Waals surface area contributed by atoms with Gasteiger partial charge in [-0.25, -0.2) is 9.79 Å². The first-order chi connectivity index (χ1) is 17.5. The van der Waals surface area contributed by atoms with Gasteiger partial charge in [-0.05, 0) is 45.2 Å². The first-order valence-corrected chi connectivity index (χ1v) is 13.1. The van der Waals surface area contributed by atoms with Crippen LogP contribution >= 0.6 is 45.2 Å². The second-order valence-corrected chi connectivity index (χ2v) is 11.1. The van der Waals surface area contributed by atoms with Crippen LogP contribution in [0.3, 0.4) is 0 Å². The zero-order valence-electron chi connectivity index (χ0n) is 18.8. The van der Waals surface area contributed by atoms with Crippen molar-refractivity contribution in [2.45, 2.75) is 53.3 Å². The molecular weight excluding hydrogens is 724 g/mol. The number of carbonyl (C=O) groups is 1. The molecule has 0 aromatic carbocycles. The molecule has 5 rings (SSSR count). The molecule has 7 atom stereocenters. The summed E-state index contributed by atoms with van der Waals surface area (Å²) in [5, 5.41) is 47.2. The number of hydrogen-bond donors (Lipinski definition) is 7. The molecule has 0 radical (unpaired) electrons. The predicted molar refractivity (Wildman–Crippen MR) is 142 cm³/mol. The topological polar surface area (TPSA) is 235 Å². The van der Waals surface area contributed by atoms with Crippen molar-refractivity contribution in [3.63, 3.8) is 0 Å². The third-order valence-corrected chi connectivity index (χ3v) is 7.98. The first-order valence-electron chi connectivity index (χ1n) is 10.9. The molecule has 1 aromatic heterocycles. The molecule has 18 heteroatoms. The molecule has 202 valence electrons. The Morgan fingerprint density at radius 3 is 2.30 bits per heavy atom. The fraction of sp³-hybridized carbons (Fsp3) is 0.579. The zero-order chi connectivity index (χ0) is 27.1. The van der Waals surface area contributed by atoms with Crippen LogP contribution in [0.25, 0.3) is 0 Å². The summed E-state index contributed by atoms with van der Waals surface area (Å²) in [7, 11) is 0. The molecule has 4 aliphatic rings. The van der Waals surface area contributed by atoms with Crippen LogP contribution in [0, 0.1) is 8.98 Å². The number of nitrogens with zero attached hydrogens (tertiary/aromatic N) is 4. The number of hydrogen-bond acceptors (Lipinski definition) is 12. The van der Waals surface area contributed by atoms with E-state index in [0.717, 1.165) is 0 Å². The van der Waals surface area contributed by atoms with Crippen LogP contribution in [0.4, 0.5) is 0 Å². The van der Waals surface area contributed by atoms with Crippen LogP contribution in [-0.4, -0.2) is 106 Å². The Morgan fingerprint density at radius 1 is 1.11 bits per heavy atom. The van der Waals surface area contributed by atoms with Gasteiger partial charge in [0.1, 0.15) is 24.7 Å². The first kappa shape index (κ1) is 28.2. The maximum absolute atomic E-state index is 11.9. The number of aliphatic imine (C=N–C) groups is 2. The van der Waals surface area contributed by atoms with E-state index in [1.54, 1.807) is 22.6 Å². The van der Waals surface area contributed by atoms with Gasteiger partial charge in [0.05, 0.1) is 35.3 Å². The number of H-pyrrole nitrogens is 1. The molecule has 0 spiro atoms. The van der Waals surface area contributed by atoms with Crippen molar-refractivity contribution in [1.29, 1.82) is 5.41 Å². The molecule has 2 saturated heterocycles. The number of aromatic amines is 1. The normalized spacial score (nSPS) is 34.6. The molecule has 4 aliphatic heterocycles. The summed E-state index contributed by atoms with van der Waals surface area (Å²) in [5.74, 6) is -0.420. The maximum atomic E-state index is 11.9. The summed E-state index contributed by atoms with van der Waals surface area (Å²) in [4.78, 5) is 46.5.